The lowest BCUT2D eigenvalue weighted by Gasteiger charge is -2.03. The highest BCUT2D eigenvalue weighted by Gasteiger charge is 2.19. The number of aryl methyl sites for hydroxylation is 1. The van der Waals surface area contributed by atoms with Crippen LogP contribution in [0.25, 0.3) is 6.08 Å². The van der Waals surface area contributed by atoms with Crippen molar-refractivity contribution < 1.29 is 9.59 Å². The fourth-order valence-corrected chi connectivity index (χ4v) is 3.53. The molecule has 23 heavy (non-hydrogen) atoms. The molecule has 2 amide bonds. The first-order chi connectivity index (χ1) is 10.9. The van der Waals surface area contributed by atoms with Gasteiger partial charge in [0.25, 0.3) is 5.91 Å². The van der Waals surface area contributed by atoms with E-state index in [-0.39, 0.29) is 5.91 Å². The number of hydrogen-bond donors (Lipinski definition) is 2. The second-order valence-electron chi connectivity index (χ2n) is 4.93. The third kappa shape index (κ3) is 4.21. The van der Waals surface area contributed by atoms with Crippen LogP contribution in [0.4, 0.5) is 5.00 Å². The van der Waals surface area contributed by atoms with Gasteiger partial charge in [-0.3, -0.25) is 9.59 Å². The van der Waals surface area contributed by atoms with Gasteiger partial charge in [-0.25, -0.2) is 0 Å². The van der Waals surface area contributed by atoms with Crippen molar-refractivity contribution in [2.24, 2.45) is 5.73 Å². The van der Waals surface area contributed by atoms with Gasteiger partial charge in [0.15, 0.2) is 0 Å². The number of thiophene rings is 1. The molecule has 0 saturated heterocycles. The molecule has 0 bridgehead atoms. The van der Waals surface area contributed by atoms with Crippen molar-refractivity contribution in [2.75, 3.05) is 5.32 Å². The van der Waals surface area contributed by atoms with Crippen LogP contribution in [0, 0.1) is 6.92 Å². The Morgan fingerprint density at radius 1 is 1.30 bits per heavy atom. The van der Waals surface area contributed by atoms with Crippen molar-refractivity contribution in [1.82, 2.24) is 0 Å². The normalized spacial score (nSPS) is 10.9. The third-order valence-electron chi connectivity index (χ3n) is 3.34. The van der Waals surface area contributed by atoms with E-state index >= 15 is 0 Å². The summed E-state index contributed by atoms with van der Waals surface area (Å²) < 4.78 is 0. The van der Waals surface area contributed by atoms with Gasteiger partial charge in [-0.2, -0.15) is 0 Å². The molecule has 1 aromatic carbocycles. The maximum absolute atomic E-state index is 12.1. The van der Waals surface area contributed by atoms with Crippen LogP contribution in [0.1, 0.15) is 33.3 Å². The van der Waals surface area contributed by atoms with Crippen molar-refractivity contribution >= 4 is 45.8 Å². The fourth-order valence-electron chi connectivity index (χ4n) is 2.25. The number of rotatable bonds is 5. The Morgan fingerprint density at radius 3 is 2.52 bits per heavy atom. The highest BCUT2D eigenvalue weighted by molar-refractivity contribution is 7.16. The van der Waals surface area contributed by atoms with E-state index in [1.165, 1.54) is 17.4 Å². The van der Waals surface area contributed by atoms with E-state index in [4.69, 9.17) is 17.3 Å². The van der Waals surface area contributed by atoms with Gasteiger partial charge in [0.1, 0.15) is 5.00 Å². The Kier molecular flexibility index (Phi) is 5.58. The molecule has 120 valence electrons. The van der Waals surface area contributed by atoms with Crippen LogP contribution in [0.3, 0.4) is 0 Å². The SMILES string of the molecule is CCc1c(C)sc(NC(=O)C=Cc2ccc(Cl)cc2)c1C(N)=O. The van der Waals surface area contributed by atoms with Crippen LogP contribution >= 0.6 is 22.9 Å². The van der Waals surface area contributed by atoms with Crippen molar-refractivity contribution in [3.63, 3.8) is 0 Å². The van der Waals surface area contributed by atoms with E-state index < -0.39 is 5.91 Å². The molecule has 0 spiro atoms. The zero-order chi connectivity index (χ0) is 17.0. The van der Waals surface area contributed by atoms with Crippen LogP contribution in [-0.4, -0.2) is 11.8 Å². The maximum Gasteiger partial charge on any atom is 0.251 e. The van der Waals surface area contributed by atoms with Crippen LogP contribution < -0.4 is 11.1 Å². The first-order valence-corrected chi connectivity index (χ1v) is 8.28. The quantitative estimate of drug-likeness (QED) is 0.801. The van der Waals surface area contributed by atoms with Gasteiger partial charge in [-0.1, -0.05) is 30.7 Å². The minimum Gasteiger partial charge on any atom is -0.365 e. The Balaban J connectivity index is 2.17. The molecule has 0 radical (unpaired) electrons. The number of anilines is 1. The Bertz CT molecular complexity index is 764. The molecule has 1 aromatic heterocycles. The fraction of sp³-hybridized carbons (Fsp3) is 0.176. The van der Waals surface area contributed by atoms with Crippen LogP contribution in [0.15, 0.2) is 30.3 Å². The molecule has 2 aromatic rings. The summed E-state index contributed by atoms with van der Waals surface area (Å²) in [4.78, 5) is 24.7. The van der Waals surface area contributed by atoms with Crippen molar-refractivity contribution in [1.29, 1.82) is 0 Å². The maximum atomic E-state index is 12.1. The third-order valence-corrected chi connectivity index (χ3v) is 4.66. The van der Waals surface area contributed by atoms with E-state index in [0.29, 0.717) is 22.0 Å². The minimum absolute atomic E-state index is 0.314. The van der Waals surface area contributed by atoms with E-state index in [0.717, 1.165) is 16.0 Å². The molecule has 0 fully saturated rings. The molecule has 0 aliphatic rings. The van der Waals surface area contributed by atoms with Gasteiger partial charge < -0.3 is 11.1 Å². The Morgan fingerprint density at radius 2 is 1.96 bits per heavy atom. The first kappa shape index (κ1) is 17.2. The number of carbonyl (C=O) groups is 2. The number of halogens is 1. The summed E-state index contributed by atoms with van der Waals surface area (Å²) in [5.41, 5.74) is 7.60. The second kappa shape index (κ2) is 7.44. The summed E-state index contributed by atoms with van der Waals surface area (Å²) >= 11 is 7.18. The van der Waals surface area contributed by atoms with Crippen LogP contribution in [0.5, 0.6) is 0 Å². The predicted octanol–water partition coefficient (Wildman–Crippen LogP) is 4.02. The number of nitrogens with two attached hydrogens (primary N) is 1. The van der Waals surface area contributed by atoms with Crippen LogP contribution in [0.2, 0.25) is 5.02 Å². The van der Waals surface area contributed by atoms with Crippen molar-refractivity contribution in [2.45, 2.75) is 20.3 Å². The van der Waals surface area contributed by atoms with Gasteiger partial charge in [0.05, 0.1) is 5.56 Å². The zero-order valence-electron chi connectivity index (χ0n) is 12.9. The lowest BCUT2D eigenvalue weighted by Crippen LogP contribution is -2.16. The topological polar surface area (TPSA) is 72.2 Å². The molecule has 6 heteroatoms. The molecule has 0 unspecified atom stereocenters. The molecule has 0 atom stereocenters. The molecule has 2 rings (SSSR count). The van der Waals surface area contributed by atoms with E-state index in [1.54, 1.807) is 18.2 Å². The lowest BCUT2D eigenvalue weighted by molar-refractivity contribution is -0.111. The zero-order valence-corrected chi connectivity index (χ0v) is 14.4. The largest absolute Gasteiger partial charge is 0.365 e. The number of carbonyl (C=O) groups excluding carboxylic acids is 2. The predicted molar refractivity (Wildman–Crippen MR) is 96.1 cm³/mol. The van der Waals surface area contributed by atoms with Gasteiger partial charge in [-0.15, -0.1) is 11.3 Å². The molecular weight excluding hydrogens is 332 g/mol. The molecular formula is C17H17ClN2O2S. The highest BCUT2D eigenvalue weighted by atomic mass is 35.5. The van der Waals surface area contributed by atoms with E-state index in [9.17, 15) is 9.59 Å². The van der Waals surface area contributed by atoms with Crippen LogP contribution in [-0.2, 0) is 11.2 Å². The molecule has 3 N–H and O–H groups in total. The number of primary amides is 1. The van der Waals surface area contributed by atoms with E-state index in [1.807, 2.05) is 26.0 Å². The summed E-state index contributed by atoms with van der Waals surface area (Å²) in [5, 5.41) is 3.87. The van der Waals surface area contributed by atoms with Gasteiger partial charge in [0, 0.05) is 16.0 Å². The lowest BCUT2D eigenvalue weighted by atomic mass is 10.1. The highest BCUT2D eigenvalue weighted by Crippen LogP contribution is 2.33. The summed E-state index contributed by atoms with van der Waals surface area (Å²) in [6.07, 6.45) is 3.78. The number of hydrogen-bond acceptors (Lipinski definition) is 3. The van der Waals surface area contributed by atoms with Crippen molar-refractivity contribution in [3.8, 4) is 0 Å². The van der Waals surface area contributed by atoms with Gasteiger partial charge >= 0.3 is 0 Å². The second-order valence-corrected chi connectivity index (χ2v) is 6.59. The van der Waals surface area contributed by atoms with Crippen molar-refractivity contribution in [3.05, 3.63) is 56.9 Å². The summed E-state index contributed by atoms with van der Waals surface area (Å²) in [6, 6.07) is 7.12. The number of benzene rings is 1. The standard InChI is InChI=1S/C17H17ClN2O2S/c1-3-13-10(2)23-17(15(13)16(19)22)20-14(21)9-6-11-4-7-12(18)8-5-11/h4-9H,3H2,1-2H3,(H2,19,22)(H,20,21). The number of nitrogens with one attached hydrogen (secondary N) is 1. The average Bonchev–Trinajstić information content (AvgIpc) is 2.82. The molecule has 0 aliphatic carbocycles. The minimum atomic E-state index is -0.525. The first-order valence-electron chi connectivity index (χ1n) is 7.09. The average molecular weight is 349 g/mol. The Labute approximate surface area is 144 Å². The number of amides is 2. The molecule has 1 heterocycles. The molecule has 0 saturated carbocycles. The molecule has 4 nitrogen and oxygen atoms in total. The smallest absolute Gasteiger partial charge is 0.251 e. The Hall–Kier alpha value is -2.11. The molecule has 0 aliphatic heterocycles. The van der Waals surface area contributed by atoms with Gasteiger partial charge in [-0.05, 0) is 42.7 Å². The van der Waals surface area contributed by atoms with Gasteiger partial charge in [0.2, 0.25) is 5.91 Å². The monoisotopic (exact) mass is 348 g/mol. The summed E-state index contributed by atoms with van der Waals surface area (Å²) in [6.45, 7) is 3.86. The summed E-state index contributed by atoms with van der Waals surface area (Å²) in [5.74, 6) is -0.838. The summed E-state index contributed by atoms with van der Waals surface area (Å²) in [7, 11) is 0. The van der Waals surface area contributed by atoms with E-state index in [2.05, 4.69) is 5.32 Å².